The number of hydrogen-bond donors (Lipinski definition) is 1. The number of rotatable bonds is 1. The fourth-order valence-corrected chi connectivity index (χ4v) is 4.63. The van der Waals surface area contributed by atoms with E-state index < -0.39 is 11.2 Å². The Labute approximate surface area is 157 Å². The largest absolute Gasteiger partial charge is 0.444 e. The quantitative estimate of drug-likeness (QED) is 0.826. The van der Waals surface area contributed by atoms with E-state index in [1.807, 2.05) is 31.2 Å². The lowest BCUT2D eigenvalue weighted by atomic mass is 9.90. The van der Waals surface area contributed by atoms with E-state index in [1.165, 1.54) is 0 Å². The highest BCUT2D eigenvalue weighted by atomic mass is 35.5. The molecule has 2 fully saturated rings. The van der Waals surface area contributed by atoms with Crippen LogP contribution in [0.15, 0.2) is 24.8 Å². The number of carbonyl (C=O) groups is 1. The Morgan fingerprint density at radius 3 is 2.62 bits per heavy atom. The van der Waals surface area contributed by atoms with Crippen molar-refractivity contribution in [3.05, 3.63) is 35.4 Å². The lowest BCUT2D eigenvalue weighted by molar-refractivity contribution is 0.0159. The Morgan fingerprint density at radius 2 is 2.00 bits per heavy atom. The SMILES string of the molecule is CC(C)(C)OC(=O)N1CC2CC(O)(c3cc(Cl)cn4cncc34)CC2C1. The van der Waals surface area contributed by atoms with Crippen LogP contribution in [0.2, 0.25) is 5.02 Å². The minimum atomic E-state index is -0.943. The number of aliphatic hydroxyl groups is 1. The number of halogens is 1. The van der Waals surface area contributed by atoms with Gasteiger partial charge in [-0.3, -0.25) is 0 Å². The van der Waals surface area contributed by atoms with Gasteiger partial charge in [0.05, 0.1) is 28.7 Å². The Morgan fingerprint density at radius 1 is 1.35 bits per heavy atom. The molecule has 1 aliphatic heterocycles. The maximum Gasteiger partial charge on any atom is 0.410 e. The van der Waals surface area contributed by atoms with Crippen molar-refractivity contribution in [1.82, 2.24) is 14.3 Å². The molecule has 0 aromatic carbocycles. The van der Waals surface area contributed by atoms with Gasteiger partial charge in [0.1, 0.15) is 5.60 Å². The summed E-state index contributed by atoms with van der Waals surface area (Å²) in [6.45, 7) is 6.86. The molecule has 7 heteroatoms. The molecule has 2 aliphatic rings. The summed E-state index contributed by atoms with van der Waals surface area (Å²) >= 11 is 6.24. The number of hydrogen-bond acceptors (Lipinski definition) is 4. The van der Waals surface area contributed by atoms with Crippen LogP contribution in [0.5, 0.6) is 0 Å². The number of aromatic nitrogens is 2. The molecule has 1 saturated carbocycles. The molecule has 0 spiro atoms. The fourth-order valence-electron chi connectivity index (χ4n) is 4.42. The van der Waals surface area contributed by atoms with Gasteiger partial charge in [-0.25, -0.2) is 9.78 Å². The summed E-state index contributed by atoms with van der Waals surface area (Å²) in [7, 11) is 0. The third-order valence-electron chi connectivity index (χ3n) is 5.42. The van der Waals surface area contributed by atoms with Gasteiger partial charge in [-0.15, -0.1) is 0 Å². The predicted molar refractivity (Wildman–Crippen MR) is 98.1 cm³/mol. The minimum Gasteiger partial charge on any atom is -0.444 e. The van der Waals surface area contributed by atoms with Crippen molar-refractivity contribution in [3.63, 3.8) is 0 Å². The normalized spacial score (nSPS) is 28.6. The zero-order chi connectivity index (χ0) is 18.7. The van der Waals surface area contributed by atoms with Crippen molar-refractivity contribution in [2.24, 2.45) is 11.8 Å². The highest BCUT2D eigenvalue weighted by Gasteiger charge is 2.51. The average molecular weight is 378 g/mol. The van der Waals surface area contributed by atoms with Crippen LogP contribution in [-0.2, 0) is 10.3 Å². The third kappa shape index (κ3) is 3.05. The molecule has 2 atom stereocenters. The van der Waals surface area contributed by atoms with Crippen LogP contribution < -0.4 is 0 Å². The Balaban J connectivity index is 1.53. The van der Waals surface area contributed by atoms with Crippen LogP contribution >= 0.6 is 11.6 Å². The van der Waals surface area contributed by atoms with Gasteiger partial charge in [-0.05, 0) is 51.5 Å². The lowest BCUT2D eigenvalue weighted by Crippen LogP contribution is -2.37. The Bertz CT molecular complexity index is 843. The van der Waals surface area contributed by atoms with E-state index in [4.69, 9.17) is 16.3 Å². The van der Waals surface area contributed by atoms with Crippen LogP contribution in [0, 0.1) is 11.8 Å². The fraction of sp³-hybridized carbons (Fsp3) is 0.579. The van der Waals surface area contributed by atoms with Crippen molar-refractivity contribution < 1.29 is 14.6 Å². The first kappa shape index (κ1) is 17.6. The first-order chi connectivity index (χ1) is 12.1. The van der Waals surface area contributed by atoms with E-state index in [1.54, 1.807) is 23.6 Å². The first-order valence-corrected chi connectivity index (χ1v) is 9.34. The molecular weight excluding hydrogens is 354 g/mol. The Kier molecular flexibility index (Phi) is 3.97. The first-order valence-electron chi connectivity index (χ1n) is 8.97. The molecule has 3 heterocycles. The van der Waals surface area contributed by atoms with E-state index in [9.17, 15) is 9.90 Å². The molecule has 1 saturated heterocycles. The predicted octanol–water partition coefficient (Wildman–Crippen LogP) is 3.45. The summed E-state index contributed by atoms with van der Waals surface area (Å²) in [4.78, 5) is 18.3. The molecule has 2 aromatic heterocycles. The molecule has 4 rings (SSSR count). The van der Waals surface area contributed by atoms with Gasteiger partial charge in [0.15, 0.2) is 0 Å². The lowest BCUT2D eigenvalue weighted by Gasteiger charge is -2.28. The summed E-state index contributed by atoms with van der Waals surface area (Å²) in [5.41, 5.74) is 0.257. The number of amides is 1. The maximum atomic E-state index is 12.3. The molecule has 1 N–H and O–H groups in total. The van der Waals surface area contributed by atoms with Crippen molar-refractivity contribution in [2.75, 3.05) is 13.1 Å². The summed E-state index contributed by atoms with van der Waals surface area (Å²) in [5.74, 6) is 0.518. The molecule has 26 heavy (non-hydrogen) atoms. The third-order valence-corrected chi connectivity index (χ3v) is 5.62. The van der Waals surface area contributed by atoms with Crippen LogP contribution in [0.4, 0.5) is 4.79 Å². The van der Waals surface area contributed by atoms with Gasteiger partial charge < -0.3 is 19.1 Å². The second kappa shape index (κ2) is 5.86. The minimum absolute atomic E-state index is 0.259. The second-order valence-corrected chi connectivity index (χ2v) is 9.04. The number of carbonyl (C=O) groups excluding carboxylic acids is 1. The van der Waals surface area contributed by atoms with E-state index in [2.05, 4.69) is 4.98 Å². The summed E-state index contributed by atoms with van der Waals surface area (Å²) in [6, 6.07) is 1.84. The highest BCUT2D eigenvalue weighted by Crippen LogP contribution is 2.50. The second-order valence-electron chi connectivity index (χ2n) is 8.60. The molecule has 140 valence electrons. The molecule has 0 bridgehead atoms. The molecule has 1 amide bonds. The standard InChI is InChI=1S/C19H24ClN3O3/c1-18(2,3)26-17(24)22-8-12-5-19(25,6-13(12)9-22)15-4-14(20)10-23-11-21-7-16(15)23/h4,7,10-13,25H,5-6,8-9H2,1-3H3. The monoisotopic (exact) mass is 377 g/mol. The van der Waals surface area contributed by atoms with Crippen molar-refractivity contribution in [1.29, 1.82) is 0 Å². The molecule has 2 aromatic rings. The number of nitrogens with zero attached hydrogens (tertiary/aromatic N) is 3. The number of likely N-dealkylation sites (tertiary alicyclic amines) is 1. The summed E-state index contributed by atoms with van der Waals surface area (Å²) in [5, 5.41) is 12.0. The van der Waals surface area contributed by atoms with Crippen LogP contribution in [-0.4, -0.2) is 44.2 Å². The van der Waals surface area contributed by atoms with Crippen molar-refractivity contribution in [3.8, 4) is 0 Å². The topological polar surface area (TPSA) is 67.1 Å². The number of imidazole rings is 1. The average Bonchev–Trinajstić information content (AvgIpc) is 3.17. The zero-order valence-corrected chi connectivity index (χ0v) is 16.0. The Hall–Kier alpha value is -1.79. The summed E-state index contributed by atoms with van der Waals surface area (Å²) in [6.07, 6.45) is 6.18. The zero-order valence-electron chi connectivity index (χ0n) is 15.3. The van der Waals surface area contributed by atoms with Gasteiger partial charge in [-0.1, -0.05) is 11.6 Å². The highest BCUT2D eigenvalue weighted by molar-refractivity contribution is 6.30. The number of pyridine rings is 1. The van der Waals surface area contributed by atoms with Gasteiger partial charge in [0.2, 0.25) is 0 Å². The molecule has 6 nitrogen and oxygen atoms in total. The van der Waals surface area contributed by atoms with Crippen LogP contribution in [0.3, 0.4) is 0 Å². The van der Waals surface area contributed by atoms with E-state index in [0.717, 1.165) is 11.1 Å². The van der Waals surface area contributed by atoms with Crippen molar-refractivity contribution in [2.45, 2.75) is 44.8 Å². The van der Waals surface area contributed by atoms with Gasteiger partial charge in [0.25, 0.3) is 0 Å². The van der Waals surface area contributed by atoms with Crippen molar-refractivity contribution >= 4 is 23.2 Å². The van der Waals surface area contributed by atoms with E-state index in [-0.39, 0.29) is 17.9 Å². The molecule has 1 aliphatic carbocycles. The van der Waals surface area contributed by atoms with Crippen LogP contribution in [0.1, 0.15) is 39.2 Å². The van der Waals surface area contributed by atoms with Crippen LogP contribution in [0.25, 0.3) is 5.52 Å². The van der Waals surface area contributed by atoms with Gasteiger partial charge >= 0.3 is 6.09 Å². The number of fused-ring (bicyclic) bond motifs is 2. The van der Waals surface area contributed by atoms with Gasteiger partial charge in [-0.2, -0.15) is 0 Å². The van der Waals surface area contributed by atoms with E-state index in [0.29, 0.717) is 31.0 Å². The van der Waals surface area contributed by atoms with E-state index >= 15 is 0 Å². The molecule has 2 unspecified atom stereocenters. The molecular formula is C19H24ClN3O3. The summed E-state index contributed by atoms with van der Waals surface area (Å²) < 4.78 is 7.33. The van der Waals surface area contributed by atoms with Gasteiger partial charge in [0, 0.05) is 24.8 Å². The molecule has 0 radical (unpaired) electrons. The maximum absolute atomic E-state index is 12.3. The number of ether oxygens (including phenoxy) is 1. The smallest absolute Gasteiger partial charge is 0.410 e.